The Morgan fingerprint density at radius 2 is 1.32 bits per heavy atom. The fourth-order valence-corrected chi connectivity index (χ4v) is 2.78. The molecule has 4 heteroatoms. The highest BCUT2D eigenvalue weighted by molar-refractivity contribution is 6.30. The van der Waals surface area contributed by atoms with Crippen molar-refractivity contribution in [1.29, 1.82) is 0 Å². The highest BCUT2D eigenvalue weighted by Gasteiger charge is 2.14. The van der Waals surface area contributed by atoms with Gasteiger partial charge in [-0.3, -0.25) is 10.1 Å². The van der Waals surface area contributed by atoms with Crippen LogP contribution >= 0.6 is 11.6 Å². The number of anilines is 1. The van der Waals surface area contributed by atoms with Gasteiger partial charge in [0.15, 0.2) is 0 Å². The molecule has 0 saturated carbocycles. The summed E-state index contributed by atoms with van der Waals surface area (Å²) in [5.74, 6) is -0.0980. The summed E-state index contributed by atoms with van der Waals surface area (Å²) in [6.07, 6.45) is 0. The van der Waals surface area contributed by atoms with Gasteiger partial charge in [-0.2, -0.15) is 0 Å². The third-order valence-corrected chi connectivity index (χ3v) is 4.11. The van der Waals surface area contributed by atoms with E-state index in [1.54, 1.807) is 24.3 Å². The second-order valence-electron chi connectivity index (χ2n) is 5.69. The number of hydrogen-bond acceptors (Lipinski definition) is 2. The van der Waals surface area contributed by atoms with E-state index in [9.17, 15) is 4.79 Å². The van der Waals surface area contributed by atoms with Gasteiger partial charge < -0.3 is 5.32 Å². The highest BCUT2D eigenvalue weighted by Crippen LogP contribution is 2.21. The van der Waals surface area contributed by atoms with Crippen molar-refractivity contribution in [3.63, 3.8) is 0 Å². The Kier molecular flexibility index (Phi) is 5.83. The smallest absolute Gasteiger partial charge is 0.238 e. The highest BCUT2D eigenvalue weighted by atomic mass is 35.5. The quantitative estimate of drug-likeness (QED) is 0.679. The fourth-order valence-electron chi connectivity index (χ4n) is 2.65. The van der Waals surface area contributed by atoms with Gasteiger partial charge in [-0.15, -0.1) is 0 Å². The van der Waals surface area contributed by atoms with Gasteiger partial charge in [0.2, 0.25) is 5.91 Å². The average molecular weight is 351 g/mol. The predicted octanol–water partition coefficient (Wildman–Crippen LogP) is 4.66. The van der Waals surface area contributed by atoms with Crippen molar-refractivity contribution >= 4 is 23.2 Å². The van der Waals surface area contributed by atoms with E-state index in [0.29, 0.717) is 5.02 Å². The standard InChI is InChI=1S/C21H19ClN2O/c22-18-11-13-19(14-12-18)24-20(25)15-23-21(16-7-3-1-4-8-16)17-9-5-2-6-10-17/h1-14,21,23H,15H2,(H,24,25). The summed E-state index contributed by atoms with van der Waals surface area (Å²) < 4.78 is 0. The predicted molar refractivity (Wildman–Crippen MR) is 103 cm³/mol. The van der Waals surface area contributed by atoms with E-state index in [2.05, 4.69) is 34.9 Å². The molecule has 1 amide bonds. The Hall–Kier alpha value is -2.62. The topological polar surface area (TPSA) is 41.1 Å². The number of halogens is 1. The minimum atomic E-state index is -0.0980. The first-order chi connectivity index (χ1) is 12.2. The Bertz CT molecular complexity index is 765. The van der Waals surface area contributed by atoms with Crippen molar-refractivity contribution in [2.45, 2.75) is 6.04 Å². The Labute approximate surface area is 152 Å². The van der Waals surface area contributed by atoms with E-state index in [1.807, 2.05) is 36.4 Å². The number of benzene rings is 3. The van der Waals surface area contributed by atoms with E-state index in [0.717, 1.165) is 16.8 Å². The van der Waals surface area contributed by atoms with E-state index in [4.69, 9.17) is 11.6 Å². The van der Waals surface area contributed by atoms with Crippen LogP contribution in [0.15, 0.2) is 84.9 Å². The molecule has 3 aromatic rings. The molecule has 0 aliphatic rings. The zero-order valence-electron chi connectivity index (χ0n) is 13.7. The van der Waals surface area contributed by atoms with Gasteiger partial charge in [0.05, 0.1) is 12.6 Å². The van der Waals surface area contributed by atoms with Crippen molar-refractivity contribution in [3.8, 4) is 0 Å². The summed E-state index contributed by atoms with van der Waals surface area (Å²) in [5.41, 5.74) is 2.97. The van der Waals surface area contributed by atoms with Crippen molar-refractivity contribution in [2.75, 3.05) is 11.9 Å². The summed E-state index contributed by atoms with van der Waals surface area (Å²) in [6.45, 7) is 0.205. The fraction of sp³-hybridized carbons (Fsp3) is 0.0952. The SMILES string of the molecule is O=C(CNC(c1ccccc1)c1ccccc1)Nc1ccc(Cl)cc1. The molecular weight excluding hydrogens is 332 g/mol. The van der Waals surface area contributed by atoms with Crippen LogP contribution in [0.2, 0.25) is 5.02 Å². The van der Waals surface area contributed by atoms with Crippen LogP contribution < -0.4 is 10.6 Å². The van der Waals surface area contributed by atoms with Crippen LogP contribution in [-0.4, -0.2) is 12.5 Å². The van der Waals surface area contributed by atoms with Crippen molar-refractivity contribution in [3.05, 3.63) is 101 Å². The first-order valence-electron chi connectivity index (χ1n) is 8.11. The van der Waals surface area contributed by atoms with E-state index in [1.165, 1.54) is 0 Å². The number of carbonyl (C=O) groups is 1. The van der Waals surface area contributed by atoms with Gasteiger partial charge in [-0.25, -0.2) is 0 Å². The van der Waals surface area contributed by atoms with Gasteiger partial charge in [0.1, 0.15) is 0 Å². The summed E-state index contributed by atoms with van der Waals surface area (Å²) in [7, 11) is 0. The molecule has 0 bridgehead atoms. The summed E-state index contributed by atoms with van der Waals surface area (Å²) in [6, 6.07) is 27.2. The Morgan fingerprint density at radius 3 is 1.84 bits per heavy atom. The molecule has 0 aliphatic heterocycles. The maximum atomic E-state index is 12.3. The Balaban J connectivity index is 1.68. The molecule has 126 valence electrons. The largest absolute Gasteiger partial charge is 0.325 e. The van der Waals surface area contributed by atoms with Gasteiger partial charge >= 0.3 is 0 Å². The van der Waals surface area contributed by atoms with Crippen LogP contribution in [0.5, 0.6) is 0 Å². The Morgan fingerprint density at radius 1 is 0.800 bits per heavy atom. The lowest BCUT2D eigenvalue weighted by atomic mass is 9.99. The number of amides is 1. The van der Waals surface area contributed by atoms with Crippen molar-refractivity contribution in [2.24, 2.45) is 0 Å². The monoisotopic (exact) mass is 350 g/mol. The molecular formula is C21H19ClN2O. The van der Waals surface area contributed by atoms with Gasteiger partial charge in [-0.05, 0) is 35.4 Å². The van der Waals surface area contributed by atoms with Gasteiger partial charge in [-0.1, -0.05) is 72.3 Å². The van der Waals surface area contributed by atoms with Crippen molar-refractivity contribution < 1.29 is 4.79 Å². The molecule has 0 radical (unpaired) electrons. The molecule has 3 nitrogen and oxygen atoms in total. The molecule has 2 N–H and O–H groups in total. The van der Waals surface area contributed by atoms with Crippen LogP contribution in [0.25, 0.3) is 0 Å². The van der Waals surface area contributed by atoms with Crippen molar-refractivity contribution in [1.82, 2.24) is 5.32 Å². The van der Waals surface area contributed by atoms with Crippen LogP contribution in [0.3, 0.4) is 0 Å². The zero-order chi connectivity index (χ0) is 17.5. The molecule has 0 atom stereocenters. The summed E-state index contributed by atoms with van der Waals surface area (Å²) in [4.78, 5) is 12.3. The molecule has 0 aliphatic carbocycles. The number of hydrogen-bond donors (Lipinski definition) is 2. The second-order valence-corrected chi connectivity index (χ2v) is 6.13. The molecule has 0 heterocycles. The van der Waals surface area contributed by atoms with Gasteiger partial charge in [0, 0.05) is 10.7 Å². The first kappa shape index (κ1) is 17.2. The molecule has 3 aromatic carbocycles. The van der Waals surface area contributed by atoms with Gasteiger partial charge in [0.25, 0.3) is 0 Å². The summed E-state index contributed by atoms with van der Waals surface area (Å²) in [5, 5.41) is 6.86. The lowest BCUT2D eigenvalue weighted by molar-refractivity contribution is -0.115. The maximum Gasteiger partial charge on any atom is 0.238 e. The summed E-state index contributed by atoms with van der Waals surface area (Å²) >= 11 is 5.86. The van der Waals surface area contributed by atoms with E-state index >= 15 is 0 Å². The van der Waals surface area contributed by atoms with Crippen LogP contribution in [0.4, 0.5) is 5.69 Å². The molecule has 25 heavy (non-hydrogen) atoms. The number of carbonyl (C=O) groups excluding carboxylic acids is 1. The first-order valence-corrected chi connectivity index (χ1v) is 8.49. The minimum Gasteiger partial charge on any atom is -0.325 e. The lowest BCUT2D eigenvalue weighted by Gasteiger charge is -2.19. The molecule has 0 unspecified atom stereocenters. The van der Waals surface area contributed by atoms with Crippen LogP contribution in [0.1, 0.15) is 17.2 Å². The third-order valence-electron chi connectivity index (χ3n) is 3.86. The average Bonchev–Trinajstić information content (AvgIpc) is 2.66. The van der Waals surface area contributed by atoms with Crippen LogP contribution in [-0.2, 0) is 4.79 Å². The second kappa shape index (κ2) is 8.47. The molecule has 3 rings (SSSR count). The molecule has 0 spiro atoms. The van der Waals surface area contributed by atoms with E-state index in [-0.39, 0.29) is 18.5 Å². The normalized spacial score (nSPS) is 10.6. The van der Waals surface area contributed by atoms with E-state index < -0.39 is 0 Å². The third kappa shape index (κ3) is 4.92. The molecule has 0 saturated heterocycles. The maximum absolute atomic E-state index is 12.3. The number of nitrogens with one attached hydrogen (secondary N) is 2. The van der Waals surface area contributed by atoms with Crippen LogP contribution in [0, 0.1) is 0 Å². The molecule has 0 aromatic heterocycles. The lowest BCUT2D eigenvalue weighted by Crippen LogP contribution is -2.31. The zero-order valence-corrected chi connectivity index (χ0v) is 14.4. The number of rotatable bonds is 6. The minimum absolute atomic E-state index is 0.0432. The molecule has 0 fully saturated rings.